The molecule has 308 valence electrons. The van der Waals surface area contributed by atoms with Gasteiger partial charge in [-0.3, -0.25) is 29.0 Å². The molecule has 8 nitrogen and oxygen atoms in total. The number of hydrogen-bond acceptors (Lipinski definition) is 6. The maximum absolute atomic E-state index is 14.4. The average Bonchev–Trinajstić information content (AvgIpc) is 3.06. The van der Waals surface area contributed by atoms with Crippen LogP contribution >= 0.6 is 45.2 Å². The van der Waals surface area contributed by atoms with Crippen LogP contribution in [0.2, 0.25) is 0 Å². The zero-order chi connectivity index (χ0) is 42.6. The molecule has 0 spiro atoms. The fraction of sp³-hybridized carbons (Fsp3) is 0.500. The van der Waals surface area contributed by atoms with Gasteiger partial charge in [0, 0.05) is 52.0 Å². The van der Waals surface area contributed by atoms with E-state index < -0.39 is 23.3 Å². The van der Waals surface area contributed by atoms with Gasteiger partial charge >= 0.3 is 0 Å². The molecule has 10 heteroatoms. The van der Waals surface area contributed by atoms with Crippen LogP contribution in [-0.4, -0.2) is 75.8 Å². The Morgan fingerprint density at radius 3 is 0.948 bits per heavy atom. The van der Waals surface area contributed by atoms with Gasteiger partial charge in [0.2, 0.25) is 0 Å². The lowest BCUT2D eigenvalue weighted by molar-refractivity contribution is -0.0807. The molecular formula is C48H56I2N2O6. The normalized spacial score (nSPS) is 17.7. The smallest absolute Gasteiger partial charge is 0.261 e. The molecular weight excluding hydrogens is 954 g/mol. The Hall–Kier alpha value is -2.94. The molecule has 0 N–H and O–H groups in total. The Balaban J connectivity index is 1.24. The maximum Gasteiger partial charge on any atom is 0.261 e. The van der Waals surface area contributed by atoms with Gasteiger partial charge in [-0.15, -0.1) is 0 Å². The van der Waals surface area contributed by atoms with Gasteiger partial charge in [-0.1, -0.05) is 97.1 Å². The summed E-state index contributed by atoms with van der Waals surface area (Å²) in [6.07, 6.45) is 2.75. The summed E-state index contributed by atoms with van der Waals surface area (Å²) in [4.78, 5) is 60.3. The van der Waals surface area contributed by atoms with Crippen LogP contribution < -0.4 is 0 Å². The topological polar surface area (TPSA) is 93.2 Å². The number of amides is 4. The van der Waals surface area contributed by atoms with Gasteiger partial charge in [-0.05, 0) is 138 Å². The SMILES string of the molecule is CC(CC(C)(C)I)OC(C)(C)CC(C)N1C(=O)c2ccc3c4ccc5c6c(ccc(c7ccc(c2c37)C1=O)c64)C(=O)N(C(C)CC(C)(C)OC(C)CC(C)(C)I)C5=O. The number of imide groups is 2. The quantitative estimate of drug-likeness (QED) is 0.0362. The summed E-state index contributed by atoms with van der Waals surface area (Å²) in [5.74, 6) is -1.26. The molecule has 0 bridgehead atoms. The van der Waals surface area contributed by atoms with E-state index in [2.05, 4.69) is 86.7 Å². The van der Waals surface area contributed by atoms with Crippen molar-refractivity contribution < 1.29 is 28.7 Å². The minimum atomic E-state index is -0.568. The molecule has 0 aromatic heterocycles. The van der Waals surface area contributed by atoms with E-state index in [0.29, 0.717) is 45.9 Å². The molecule has 5 aromatic carbocycles. The van der Waals surface area contributed by atoms with E-state index in [1.54, 1.807) is 0 Å². The van der Waals surface area contributed by atoms with E-state index in [0.717, 1.165) is 45.2 Å². The van der Waals surface area contributed by atoms with Gasteiger partial charge in [-0.25, -0.2) is 0 Å². The molecule has 7 rings (SSSR count). The summed E-state index contributed by atoms with van der Waals surface area (Å²) in [7, 11) is 0. The number of hydrogen-bond donors (Lipinski definition) is 0. The number of ether oxygens (including phenoxy) is 2. The third-order valence-electron chi connectivity index (χ3n) is 11.7. The molecule has 2 heterocycles. The van der Waals surface area contributed by atoms with E-state index in [-0.39, 0.29) is 42.7 Å². The first-order chi connectivity index (χ1) is 26.8. The summed E-state index contributed by atoms with van der Waals surface area (Å²) in [6.45, 7) is 24.8. The van der Waals surface area contributed by atoms with E-state index in [9.17, 15) is 19.2 Å². The Morgan fingerprint density at radius 2 is 0.707 bits per heavy atom. The highest BCUT2D eigenvalue weighted by Crippen LogP contribution is 2.47. The number of nitrogens with zero attached hydrogens (tertiary/aromatic N) is 2. The van der Waals surface area contributed by atoms with Gasteiger partial charge in [0.05, 0.1) is 23.4 Å². The standard InChI is InChI=1S/C48H56I2N2O6/c1-25(21-47(9,10)57-27(3)23-45(5,6)49)51-41(53)33-17-13-29-31-15-19-35-40-36(20-16-32(38(31)40)30-14-18-34(42(51)54)39(33)37(29)30)44(56)52(43(35)55)26(2)22-48(11,12)58-28(4)24-46(7,8)50/h13-20,25-28H,21-24H2,1-12H3. The number of halogens is 2. The van der Waals surface area contributed by atoms with Crippen molar-refractivity contribution in [3.05, 3.63) is 70.8 Å². The zero-order valence-corrected chi connectivity index (χ0v) is 40.2. The highest BCUT2D eigenvalue weighted by molar-refractivity contribution is 14.1. The predicted molar refractivity (Wildman–Crippen MR) is 251 cm³/mol. The number of benzene rings is 5. The van der Waals surface area contributed by atoms with Gasteiger partial charge in [0.15, 0.2) is 0 Å². The lowest BCUT2D eigenvalue weighted by Gasteiger charge is -2.38. The van der Waals surface area contributed by atoms with Crippen molar-refractivity contribution in [3.63, 3.8) is 0 Å². The second-order valence-corrected chi connectivity index (χ2v) is 25.3. The predicted octanol–water partition coefficient (Wildman–Crippen LogP) is 12.1. The second-order valence-electron chi connectivity index (χ2n) is 19.4. The first-order valence-electron chi connectivity index (χ1n) is 20.5. The van der Waals surface area contributed by atoms with E-state index in [1.165, 1.54) is 9.80 Å². The van der Waals surface area contributed by atoms with Crippen LogP contribution in [0.5, 0.6) is 0 Å². The minimum absolute atomic E-state index is 0.00976. The van der Waals surface area contributed by atoms with E-state index in [4.69, 9.17) is 9.47 Å². The minimum Gasteiger partial charge on any atom is -0.373 e. The highest BCUT2D eigenvalue weighted by Gasteiger charge is 2.42. The number of alkyl halides is 2. The van der Waals surface area contributed by atoms with Crippen LogP contribution in [0.1, 0.15) is 150 Å². The van der Waals surface area contributed by atoms with Crippen molar-refractivity contribution in [3.8, 4) is 0 Å². The molecule has 0 aliphatic carbocycles. The van der Waals surface area contributed by atoms with E-state index >= 15 is 0 Å². The largest absolute Gasteiger partial charge is 0.373 e. The molecule has 4 unspecified atom stereocenters. The van der Waals surface area contributed by atoms with Crippen molar-refractivity contribution in [1.82, 2.24) is 9.80 Å². The molecule has 58 heavy (non-hydrogen) atoms. The number of carbonyl (C=O) groups excluding carboxylic acids is 4. The Kier molecular flexibility index (Phi) is 11.1. The van der Waals surface area contributed by atoms with Crippen molar-refractivity contribution in [2.24, 2.45) is 0 Å². The number of fused-ring (bicyclic) bond motifs is 2. The maximum atomic E-state index is 14.4. The third kappa shape index (κ3) is 7.88. The third-order valence-corrected chi connectivity index (χ3v) is 12.6. The zero-order valence-electron chi connectivity index (χ0n) is 35.9. The number of carbonyl (C=O) groups is 4. The fourth-order valence-electron chi connectivity index (χ4n) is 10.3. The Morgan fingerprint density at radius 1 is 0.448 bits per heavy atom. The van der Waals surface area contributed by atoms with Crippen molar-refractivity contribution in [2.45, 2.75) is 151 Å². The molecule has 2 aliphatic rings. The van der Waals surface area contributed by atoms with Crippen molar-refractivity contribution >= 4 is 112 Å². The second kappa shape index (κ2) is 14.9. The van der Waals surface area contributed by atoms with Gasteiger partial charge in [-0.2, -0.15) is 0 Å². The van der Waals surface area contributed by atoms with Gasteiger partial charge in [0.25, 0.3) is 23.6 Å². The molecule has 0 saturated carbocycles. The van der Waals surface area contributed by atoms with Crippen molar-refractivity contribution in [1.29, 1.82) is 0 Å². The first kappa shape index (κ1) is 43.2. The van der Waals surface area contributed by atoms with Crippen LogP contribution in [-0.2, 0) is 9.47 Å². The van der Waals surface area contributed by atoms with Crippen molar-refractivity contribution in [2.75, 3.05) is 0 Å². The molecule has 4 amide bonds. The summed E-state index contributed by atoms with van der Waals surface area (Å²) >= 11 is 4.87. The summed E-state index contributed by atoms with van der Waals surface area (Å²) in [5.41, 5.74) is 0.824. The molecule has 5 aromatic rings. The summed E-state index contributed by atoms with van der Waals surface area (Å²) in [5, 5.41) is 6.45. The van der Waals surface area contributed by atoms with Crippen LogP contribution in [0.15, 0.2) is 48.5 Å². The first-order valence-corrected chi connectivity index (χ1v) is 22.6. The van der Waals surface area contributed by atoms with Crippen LogP contribution in [0.4, 0.5) is 0 Å². The Bertz CT molecular complexity index is 2220. The molecule has 2 aliphatic heterocycles. The van der Waals surface area contributed by atoms with Gasteiger partial charge < -0.3 is 9.47 Å². The molecule has 4 atom stereocenters. The molecule has 0 saturated heterocycles. The summed E-state index contributed by atoms with van der Waals surface area (Å²) in [6, 6.07) is 14.3. The van der Waals surface area contributed by atoms with Crippen LogP contribution in [0.25, 0.3) is 43.1 Å². The molecule has 0 radical (unpaired) electrons. The average molecular weight is 1010 g/mol. The van der Waals surface area contributed by atoms with Gasteiger partial charge in [0.1, 0.15) is 0 Å². The monoisotopic (exact) mass is 1010 g/mol. The number of rotatable bonds is 14. The fourth-order valence-corrected chi connectivity index (χ4v) is 11.6. The lowest BCUT2D eigenvalue weighted by Crippen LogP contribution is -2.49. The molecule has 0 fully saturated rings. The lowest BCUT2D eigenvalue weighted by atomic mass is 9.81. The van der Waals surface area contributed by atoms with E-state index in [1.807, 2.05) is 90.1 Å². The highest BCUT2D eigenvalue weighted by atomic mass is 127. The Labute approximate surface area is 369 Å². The summed E-state index contributed by atoms with van der Waals surface area (Å²) < 4.78 is 13.1. The van der Waals surface area contributed by atoms with Crippen LogP contribution in [0.3, 0.4) is 0 Å². The van der Waals surface area contributed by atoms with Crippen LogP contribution in [0, 0.1) is 0 Å².